The zero-order valence-electron chi connectivity index (χ0n) is 10.6. The lowest BCUT2D eigenvalue weighted by Crippen LogP contribution is -1.98. The molecule has 0 spiro atoms. The summed E-state index contributed by atoms with van der Waals surface area (Å²) in [5, 5.41) is 15.2. The van der Waals surface area contributed by atoms with E-state index in [1.54, 1.807) is 7.05 Å². The minimum absolute atomic E-state index is 0.274. The van der Waals surface area contributed by atoms with E-state index in [4.69, 9.17) is 5.73 Å². The minimum Gasteiger partial charge on any atom is -0.384 e. The Morgan fingerprint density at radius 3 is 2.79 bits per heavy atom. The van der Waals surface area contributed by atoms with Crippen molar-refractivity contribution in [2.75, 3.05) is 5.73 Å². The van der Waals surface area contributed by atoms with E-state index >= 15 is 0 Å². The Morgan fingerprint density at radius 2 is 2.21 bits per heavy atom. The average Bonchev–Trinajstić information content (AvgIpc) is 2.65. The van der Waals surface area contributed by atoms with Crippen LogP contribution in [0.2, 0.25) is 0 Å². The van der Waals surface area contributed by atoms with E-state index in [1.807, 2.05) is 6.92 Å². The number of nitro benzene ring substituents is 1. The highest BCUT2D eigenvalue weighted by atomic mass is 19.1. The molecule has 0 aliphatic carbocycles. The van der Waals surface area contributed by atoms with Crippen molar-refractivity contribution in [2.45, 2.75) is 13.3 Å². The summed E-state index contributed by atoms with van der Waals surface area (Å²) in [6.07, 6.45) is 0.587. The quantitative estimate of drug-likeness (QED) is 0.680. The van der Waals surface area contributed by atoms with Gasteiger partial charge in [-0.3, -0.25) is 14.8 Å². The smallest absolute Gasteiger partial charge is 0.281 e. The Morgan fingerprint density at radius 1 is 1.53 bits per heavy atom. The first-order chi connectivity index (χ1) is 8.95. The molecule has 0 atom stereocenters. The highest BCUT2D eigenvalue weighted by molar-refractivity contribution is 5.76. The second-order valence-electron chi connectivity index (χ2n) is 4.11. The number of nitrogen functional groups attached to an aromatic ring is 1. The van der Waals surface area contributed by atoms with Crippen LogP contribution in [-0.4, -0.2) is 14.7 Å². The van der Waals surface area contributed by atoms with E-state index in [-0.39, 0.29) is 11.3 Å². The van der Waals surface area contributed by atoms with Gasteiger partial charge in [0.05, 0.1) is 16.6 Å². The van der Waals surface area contributed by atoms with Gasteiger partial charge in [-0.25, -0.2) is 4.39 Å². The largest absolute Gasteiger partial charge is 0.384 e. The Balaban J connectivity index is 2.72. The molecule has 0 aliphatic rings. The molecule has 0 aliphatic heterocycles. The molecule has 0 amide bonds. The fourth-order valence-corrected chi connectivity index (χ4v) is 2.00. The zero-order chi connectivity index (χ0) is 14.2. The molecule has 2 N–H and O–H groups in total. The van der Waals surface area contributed by atoms with Crippen LogP contribution in [0.25, 0.3) is 11.3 Å². The molecule has 7 heteroatoms. The predicted molar refractivity (Wildman–Crippen MR) is 69.0 cm³/mol. The molecule has 19 heavy (non-hydrogen) atoms. The first-order valence-corrected chi connectivity index (χ1v) is 5.71. The molecule has 0 saturated carbocycles. The van der Waals surface area contributed by atoms with Crippen LogP contribution in [0.3, 0.4) is 0 Å². The average molecular weight is 264 g/mol. The lowest BCUT2D eigenvalue weighted by atomic mass is 10.0. The first kappa shape index (κ1) is 13.0. The number of hydrogen-bond acceptors (Lipinski definition) is 4. The summed E-state index contributed by atoms with van der Waals surface area (Å²) in [6, 6.07) is 3.42. The molecule has 2 rings (SSSR count). The van der Waals surface area contributed by atoms with Crippen molar-refractivity contribution >= 4 is 11.5 Å². The van der Waals surface area contributed by atoms with Crippen LogP contribution in [0.5, 0.6) is 0 Å². The fourth-order valence-electron chi connectivity index (χ4n) is 2.00. The lowest BCUT2D eigenvalue weighted by Gasteiger charge is -2.02. The Hall–Kier alpha value is -2.44. The van der Waals surface area contributed by atoms with E-state index in [0.717, 1.165) is 11.6 Å². The Labute approximate surface area is 108 Å². The molecule has 6 nitrogen and oxygen atoms in total. The SMILES string of the molecule is CCc1c(-c2ccc(F)cc2[N+](=O)[O-])nn(C)c1N. The standard InChI is InChI=1S/C12H13FN4O2/c1-3-8-11(15-16(2)12(8)14)9-5-4-7(13)6-10(9)17(18)19/h4-6H,3,14H2,1-2H3. The summed E-state index contributed by atoms with van der Waals surface area (Å²) in [5.74, 6) is -0.200. The molecule has 0 unspecified atom stereocenters. The van der Waals surface area contributed by atoms with Gasteiger partial charge in [0, 0.05) is 12.6 Å². The normalized spacial score (nSPS) is 10.7. The van der Waals surface area contributed by atoms with Gasteiger partial charge in [0.25, 0.3) is 5.69 Å². The first-order valence-electron chi connectivity index (χ1n) is 5.71. The minimum atomic E-state index is -0.655. The van der Waals surface area contributed by atoms with Gasteiger partial charge in [-0.15, -0.1) is 0 Å². The maximum absolute atomic E-state index is 13.1. The predicted octanol–water partition coefficient (Wildman–Crippen LogP) is 2.28. The monoisotopic (exact) mass is 264 g/mol. The second kappa shape index (κ2) is 4.68. The van der Waals surface area contributed by atoms with Crippen molar-refractivity contribution in [1.82, 2.24) is 9.78 Å². The van der Waals surface area contributed by atoms with Crippen molar-refractivity contribution in [2.24, 2.45) is 7.05 Å². The van der Waals surface area contributed by atoms with Crippen molar-refractivity contribution in [3.8, 4) is 11.3 Å². The maximum Gasteiger partial charge on any atom is 0.281 e. The van der Waals surface area contributed by atoms with E-state index in [9.17, 15) is 14.5 Å². The van der Waals surface area contributed by atoms with Gasteiger partial charge >= 0.3 is 0 Å². The number of benzene rings is 1. The number of aryl methyl sites for hydroxylation is 1. The molecule has 0 radical (unpaired) electrons. The zero-order valence-corrected chi connectivity index (χ0v) is 10.6. The molecule has 100 valence electrons. The number of aromatic nitrogens is 2. The molecule has 1 aromatic carbocycles. The molecule has 2 aromatic rings. The van der Waals surface area contributed by atoms with Gasteiger partial charge in [0.2, 0.25) is 0 Å². The Kier molecular flexibility index (Phi) is 3.20. The summed E-state index contributed by atoms with van der Waals surface area (Å²) >= 11 is 0. The van der Waals surface area contributed by atoms with Crippen molar-refractivity contribution in [3.63, 3.8) is 0 Å². The number of hydrogen-bond donors (Lipinski definition) is 1. The van der Waals surface area contributed by atoms with Crippen LogP contribution in [0, 0.1) is 15.9 Å². The van der Waals surface area contributed by atoms with Crippen molar-refractivity contribution in [1.29, 1.82) is 0 Å². The third-order valence-electron chi connectivity index (χ3n) is 2.96. The van der Waals surface area contributed by atoms with E-state index < -0.39 is 10.7 Å². The van der Waals surface area contributed by atoms with Crippen LogP contribution in [-0.2, 0) is 13.5 Å². The highest BCUT2D eigenvalue weighted by Gasteiger charge is 2.22. The fraction of sp³-hybridized carbons (Fsp3) is 0.250. The van der Waals surface area contributed by atoms with E-state index in [1.165, 1.54) is 16.8 Å². The van der Waals surface area contributed by atoms with Gasteiger partial charge in [0.1, 0.15) is 17.3 Å². The second-order valence-corrected chi connectivity index (χ2v) is 4.11. The van der Waals surface area contributed by atoms with Crippen LogP contribution in [0.15, 0.2) is 18.2 Å². The summed E-state index contributed by atoms with van der Waals surface area (Å²) in [7, 11) is 1.66. The topological polar surface area (TPSA) is 87.0 Å². The lowest BCUT2D eigenvalue weighted by molar-refractivity contribution is -0.384. The van der Waals surface area contributed by atoms with E-state index in [2.05, 4.69) is 5.10 Å². The number of nitro groups is 1. The van der Waals surface area contributed by atoms with Gasteiger partial charge in [-0.05, 0) is 18.6 Å². The molecule has 0 bridgehead atoms. The molecule has 0 fully saturated rings. The van der Waals surface area contributed by atoms with Crippen molar-refractivity contribution in [3.05, 3.63) is 39.7 Å². The maximum atomic E-state index is 13.1. The molecule has 1 aromatic heterocycles. The number of nitrogens with zero attached hydrogens (tertiary/aromatic N) is 3. The van der Waals surface area contributed by atoms with Crippen molar-refractivity contribution < 1.29 is 9.31 Å². The van der Waals surface area contributed by atoms with Crippen LogP contribution >= 0.6 is 0 Å². The number of rotatable bonds is 3. The van der Waals surface area contributed by atoms with Gasteiger partial charge < -0.3 is 5.73 Å². The molecule has 1 heterocycles. The molecular weight excluding hydrogens is 251 g/mol. The molecular formula is C12H13FN4O2. The van der Waals surface area contributed by atoms with Crippen LogP contribution < -0.4 is 5.73 Å². The third kappa shape index (κ3) is 2.14. The van der Waals surface area contributed by atoms with Gasteiger partial charge in [-0.1, -0.05) is 6.92 Å². The van der Waals surface area contributed by atoms with Gasteiger partial charge in [0.15, 0.2) is 0 Å². The third-order valence-corrected chi connectivity index (χ3v) is 2.96. The summed E-state index contributed by atoms with van der Waals surface area (Å²) in [5.41, 5.74) is 6.97. The van der Waals surface area contributed by atoms with Crippen LogP contribution in [0.4, 0.5) is 15.9 Å². The Bertz CT molecular complexity index is 651. The number of anilines is 1. The van der Waals surface area contributed by atoms with E-state index in [0.29, 0.717) is 17.9 Å². The molecule has 0 saturated heterocycles. The highest BCUT2D eigenvalue weighted by Crippen LogP contribution is 2.34. The summed E-state index contributed by atoms with van der Waals surface area (Å²) < 4.78 is 14.6. The summed E-state index contributed by atoms with van der Waals surface area (Å²) in [6.45, 7) is 1.88. The number of halogens is 1. The summed E-state index contributed by atoms with van der Waals surface area (Å²) in [4.78, 5) is 10.4. The number of nitrogens with two attached hydrogens (primary N) is 1. The van der Waals surface area contributed by atoms with Gasteiger partial charge in [-0.2, -0.15) is 5.10 Å². The van der Waals surface area contributed by atoms with Crippen LogP contribution in [0.1, 0.15) is 12.5 Å².